The van der Waals surface area contributed by atoms with Gasteiger partial charge in [-0.05, 0) is 25.0 Å². The predicted octanol–water partition coefficient (Wildman–Crippen LogP) is 1.35. The van der Waals surface area contributed by atoms with Gasteiger partial charge in [-0.2, -0.15) is 10.5 Å². The lowest BCUT2D eigenvalue weighted by atomic mass is 10.1. The van der Waals surface area contributed by atoms with Crippen molar-refractivity contribution in [3.05, 3.63) is 29.6 Å². The Labute approximate surface area is 94.5 Å². The molecule has 0 spiro atoms. The SMILES string of the molecule is N#Cc1ccc(CNCC2(C#N)CC2)nc1. The van der Waals surface area contributed by atoms with Gasteiger partial charge in [0.05, 0.1) is 22.7 Å². The van der Waals surface area contributed by atoms with E-state index in [0.29, 0.717) is 12.1 Å². The summed E-state index contributed by atoms with van der Waals surface area (Å²) in [6, 6.07) is 7.94. The first-order valence-electron chi connectivity index (χ1n) is 5.25. The summed E-state index contributed by atoms with van der Waals surface area (Å²) in [7, 11) is 0. The standard InChI is InChI=1S/C12H12N4/c13-5-10-1-2-11(16-6-10)7-15-9-12(8-14)3-4-12/h1-2,6,15H,3-4,7,9H2. The van der Waals surface area contributed by atoms with Crippen molar-refractivity contribution in [2.45, 2.75) is 19.4 Å². The van der Waals surface area contributed by atoms with Crippen LogP contribution in [0.15, 0.2) is 18.3 Å². The van der Waals surface area contributed by atoms with Crippen LogP contribution in [-0.2, 0) is 6.54 Å². The molecular weight excluding hydrogens is 200 g/mol. The lowest BCUT2D eigenvalue weighted by Gasteiger charge is -2.07. The van der Waals surface area contributed by atoms with Gasteiger partial charge in [0.15, 0.2) is 0 Å². The molecule has 0 aliphatic heterocycles. The smallest absolute Gasteiger partial charge is 0.101 e. The molecule has 1 aromatic heterocycles. The molecule has 0 radical (unpaired) electrons. The van der Waals surface area contributed by atoms with Crippen LogP contribution < -0.4 is 5.32 Å². The van der Waals surface area contributed by atoms with E-state index in [1.807, 2.05) is 12.1 Å². The van der Waals surface area contributed by atoms with E-state index in [0.717, 1.165) is 25.1 Å². The van der Waals surface area contributed by atoms with Crippen LogP contribution in [0.5, 0.6) is 0 Å². The highest BCUT2D eigenvalue weighted by Gasteiger charge is 2.42. The summed E-state index contributed by atoms with van der Waals surface area (Å²) in [5, 5.41) is 20.7. The topological polar surface area (TPSA) is 72.5 Å². The minimum absolute atomic E-state index is 0.118. The molecule has 4 nitrogen and oxygen atoms in total. The largest absolute Gasteiger partial charge is 0.310 e. The molecule has 1 fully saturated rings. The molecule has 1 aromatic rings. The van der Waals surface area contributed by atoms with Gasteiger partial charge in [-0.15, -0.1) is 0 Å². The van der Waals surface area contributed by atoms with Gasteiger partial charge < -0.3 is 5.32 Å². The molecule has 1 aliphatic carbocycles. The Hall–Kier alpha value is -1.91. The highest BCUT2D eigenvalue weighted by Crippen LogP contribution is 2.43. The van der Waals surface area contributed by atoms with Crippen LogP contribution >= 0.6 is 0 Å². The molecule has 0 saturated heterocycles. The molecule has 1 saturated carbocycles. The maximum atomic E-state index is 8.88. The van der Waals surface area contributed by atoms with Gasteiger partial charge >= 0.3 is 0 Å². The zero-order chi connectivity index (χ0) is 11.4. The monoisotopic (exact) mass is 212 g/mol. The Kier molecular flexibility index (Phi) is 2.85. The van der Waals surface area contributed by atoms with Gasteiger partial charge in [0, 0.05) is 19.3 Å². The molecule has 1 aliphatic rings. The number of nitrogens with zero attached hydrogens (tertiary/aromatic N) is 3. The van der Waals surface area contributed by atoms with Crippen molar-refractivity contribution in [2.75, 3.05) is 6.54 Å². The van der Waals surface area contributed by atoms with Crippen molar-refractivity contribution in [1.29, 1.82) is 10.5 Å². The molecule has 0 unspecified atom stereocenters. The second kappa shape index (κ2) is 4.30. The van der Waals surface area contributed by atoms with Crippen molar-refractivity contribution in [1.82, 2.24) is 10.3 Å². The third kappa shape index (κ3) is 2.36. The fourth-order valence-electron chi connectivity index (χ4n) is 1.50. The molecule has 16 heavy (non-hydrogen) atoms. The summed E-state index contributed by atoms with van der Waals surface area (Å²) in [6.45, 7) is 1.38. The van der Waals surface area contributed by atoms with Crippen molar-refractivity contribution in [2.24, 2.45) is 5.41 Å². The van der Waals surface area contributed by atoms with Crippen LogP contribution in [0.1, 0.15) is 24.1 Å². The second-order valence-electron chi connectivity index (χ2n) is 4.15. The predicted molar refractivity (Wildman–Crippen MR) is 57.9 cm³/mol. The molecule has 0 aromatic carbocycles. The lowest BCUT2D eigenvalue weighted by molar-refractivity contribution is 0.553. The van der Waals surface area contributed by atoms with Crippen LogP contribution in [0.2, 0.25) is 0 Å². The number of nitrogens with one attached hydrogen (secondary N) is 1. The molecule has 1 heterocycles. The maximum absolute atomic E-state index is 8.88. The fourth-order valence-corrected chi connectivity index (χ4v) is 1.50. The van der Waals surface area contributed by atoms with Gasteiger partial charge in [-0.25, -0.2) is 0 Å². The summed E-state index contributed by atoms with van der Waals surface area (Å²) < 4.78 is 0. The van der Waals surface area contributed by atoms with Gasteiger partial charge in [-0.1, -0.05) is 0 Å². The van der Waals surface area contributed by atoms with E-state index in [9.17, 15) is 0 Å². The van der Waals surface area contributed by atoms with E-state index in [-0.39, 0.29) is 5.41 Å². The molecule has 1 N–H and O–H groups in total. The maximum Gasteiger partial charge on any atom is 0.101 e. The summed E-state index contributed by atoms with van der Waals surface area (Å²) in [5.41, 5.74) is 1.35. The second-order valence-corrected chi connectivity index (χ2v) is 4.15. The first kappa shape index (κ1) is 10.6. The van der Waals surface area contributed by atoms with Crippen LogP contribution in [0, 0.1) is 28.1 Å². The average molecular weight is 212 g/mol. The van der Waals surface area contributed by atoms with E-state index < -0.39 is 0 Å². The quantitative estimate of drug-likeness (QED) is 0.817. The molecule has 2 rings (SSSR count). The average Bonchev–Trinajstić information content (AvgIpc) is 3.11. The Morgan fingerprint density at radius 2 is 2.19 bits per heavy atom. The summed E-state index contributed by atoms with van der Waals surface area (Å²) in [6.07, 6.45) is 3.56. The van der Waals surface area contributed by atoms with Crippen LogP contribution in [0.4, 0.5) is 0 Å². The Balaban J connectivity index is 1.82. The number of hydrogen-bond donors (Lipinski definition) is 1. The normalized spacial score (nSPS) is 16.1. The van der Waals surface area contributed by atoms with E-state index in [4.69, 9.17) is 10.5 Å². The first-order chi connectivity index (χ1) is 7.78. The molecule has 0 bridgehead atoms. The number of pyridine rings is 1. The van der Waals surface area contributed by atoms with Gasteiger partial charge in [0.2, 0.25) is 0 Å². The van der Waals surface area contributed by atoms with E-state index in [1.54, 1.807) is 12.3 Å². The van der Waals surface area contributed by atoms with E-state index in [1.165, 1.54) is 0 Å². The van der Waals surface area contributed by atoms with Crippen molar-refractivity contribution in [3.8, 4) is 12.1 Å². The Bertz CT molecular complexity index is 445. The minimum Gasteiger partial charge on any atom is -0.310 e. The molecule has 4 heteroatoms. The first-order valence-corrected chi connectivity index (χ1v) is 5.25. The van der Waals surface area contributed by atoms with Crippen molar-refractivity contribution < 1.29 is 0 Å². The van der Waals surface area contributed by atoms with Gasteiger partial charge in [0.25, 0.3) is 0 Å². The lowest BCUT2D eigenvalue weighted by Crippen LogP contribution is -2.22. The Morgan fingerprint density at radius 1 is 1.38 bits per heavy atom. The van der Waals surface area contributed by atoms with E-state index in [2.05, 4.69) is 16.4 Å². The summed E-state index contributed by atoms with van der Waals surface area (Å²) in [5.74, 6) is 0. The number of nitriles is 2. The van der Waals surface area contributed by atoms with Gasteiger partial charge in [0.1, 0.15) is 6.07 Å². The third-order valence-electron chi connectivity index (χ3n) is 2.81. The van der Waals surface area contributed by atoms with Crippen LogP contribution in [-0.4, -0.2) is 11.5 Å². The molecule has 0 amide bonds. The molecule has 80 valence electrons. The zero-order valence-electron chi connectivity index (χ0n) is 8.90. The number of hydrogen-bond acceptors (Lipinski definition) is 4. The minimum atomic E-state index is -0.118. The highest BCUT2D eigenvalue weighted by atomic mass is 14.9. The van der Waals surface area contributed by atoms with Crippen LogP contribution in [0.25, 0.3) is 0 Å². The van der Waals surface area contributed by atoms with Crippen molar-refractivity contribution in [3.63, 3.8) is 0 Å². The zero-order valence-corrected chi connectivity index (χ0v) is 8.90. The van der Waals surface area contributed by atoms with E-state index >= 15 is 0 Å². The van der Waals surface area contributed by atoms with Crippen molar-refractivity contribution >= 4 is 0 Å². The molecular formula is C12H12N4. The number of aromatic nitrogens is 1. The van der Waals surface area contributed by atoms with Crippen LogP contribution in [0.3, 0.4) is 0 Å². The summed E-state index contributed by atoms with van der Waals surface area (Å²) in [4.78, 5) is 4.15. The third-order valence-corrected chi connectivity index (χ3v) is 2.81. The highest BCUT2D eigenvalue weighted by molar-refractivity contribution is 5.26. The summed E-state index contributed by atoms with van der Waals surface area (Å²) >= 11 is 0. The fraction of sp³-hybridized carbons (Fsp3) is 0.417. The molecule has 0 atom stereocenters. The van der Waals surface area contributed by atoms with Gasteiger partial charge in [-0.3, -0.25) is 4.98 Å². The Morgan fingerprint density at radius 3 is 2.69 bits per heavy atom. The number of rotatable bonds is 4.